The monoisotopic (exact) mass is 298 g/mol. The third-order valence-corrected chi connectivity index (χ3v) is 3.08. The van der Waals surface area contributed by atoms with Gasteiger partial charge in [0, 0.05) is 11.1 Å². The summed E-state index contributed by atoms with van der Waals surface area (Å²) < 4.78 is 37.5. The molecule has 1 heterocycles. The second-order valence-corrected chi connectivity index (χ2v) is 4.61. The van der Waals surface area contributed by atoms with Crippen LogP contribution in [0.2, 0.25) is 0 Å². The molecule has 7 heteroatoms. The van der Waals surface area contributed by atoms with E-state index in [0.717, 1.165) is 17.7 Å². The number of hydrogen-bond donors (Lipinski definition) is 1. The molecule has 0 fully saturated rings. The number of carbonyl (C=O) groups is 1. The van der Waals surface area contributed by atoms with Gasteiger partial charge >= 0.3 is 6.18 Å². The average Bonchev–Trinajstić information content (AvgIpc) is 2.91. The van der Waals surface area contributed by atoms with E-state index in [0.29, 0.717) is 0 Å². The number of rotatable bonds is 3. The molecule has 2 rings (SSSR count). The lowest BCUT2D eigenvalue weighted by molar-refractivity contribution is -0.137. The lowest BCUT2D eigenvalue weighted by atomic mass is 10.1. The van der Waals surface area contributed by atoms with Gasteiger partial charge in [-0.25, -0.2) is 5.43 Å². The van der Waals surface area contributed by atoms with Crippen LogP contribution in [0.25, 0.3) is 0 Å². The maximum absolute atomic E-state index is 12.5. The van der Waals surface area contributed by atoms with Crippen molar-refractivity contribution in [2.75, 3.05) is 0 Å². The van der Waals surface area contributed by atoms with Crippen LogP contribution in [-0.4, -0.2) is 12.1 Å². The molecular weight excluding hydrogens is 289 g/mol. The molecule has 0 radical (unpaired) electrons. The first kappa shape index (κ1) is 14.3. The van der Waals surface area contributed by atoms with Crippen LogP contribution in [0.1, 0.15) is 21.5 Å². The molecule has 20 heavy (non-hydrogen) atoms. The molecule has 3 nitrogen and oxygen atoms in total. The van der Waals surface area contributed by atoms with Crippen molar-refractivity contribution < 1.29 is 18.0 Å². The van der Waals surface area contributed by atoms with Crippen molar-refractivity contribution >= 4 is 23.5 Å². The maximum Gasteiger partial charge on any atom is 0.416 e. The number of alkyl halides is 3. The van der Waals surface area contributed by atoms with Crippen LogP contribution >= 0.6 is 11.3 Å². The lowest BCUT2D eigenvalue weighted by Crippen LogP contribution is -2.18. The van der Waals surface area contributed by atoms with Gasteiger partial charge in [-0.3, -0.25) is 4.79 Å². The minimum atomic E-state index is -4.48. The van der Waals surface area contributed by atoms with Crippen LogP contribution < -0.4 is 5.43 Å². The molecule has 0 aliphatic carbocycles. The van der Waals surface area contributed by atoms with Gasteiger partial charge in [0.05, 0.1) is 11.8 Å². The van der Waals surface area contributed by atoms with Crippen LogP contribution in [0.3, 0.4) is 0 Å². The molecule has 1 amide bonds. The third kappa shape index (κ3) is 3.67. The molecule has 104 valence electrons. The van der Waals surface area contributed by atoms with E-state index in [1.54, 1.807) is 6.07 Å². The third-order valence-electron chi connectivity index (χ3n) is 2.37. The number of halogens is 3. The molecule has 2 aromatic rings. The van der Waals surface area contributed by atoms with E-state index in [1.165, 1.54) is 29.7 Å². The van der Waals surface area contributed by atoms with Crippen molar-refractivity contribution in [3.8, 4) is 0 Å². The fourth-order valence-corrected chi connectivity index (χ4v) is 2.03. The molecule has 0 saturated carbocycles. The first-order valence-corrected chi connectivity index (χ1v) is 6.44. The van der Waals surface area contributed by atoms with Crippen LogP contribution in [0.15, 0.2) is 46.2 Å². The lowest BCUT2D eigenvalue weighted by Gasteiger charge is -2.07. The van der Waals surface area contributed by atoms with E-state index >= 15 is 0 Å². The Hall–Kier alpha value is -2.15. The fourth-order valence-electron chi connectivity index (χ4n) is 1.42. The number of nitrogens with one attached hydrogen (secondary N) is 1. The van der Waals surface area contributed by atoms with Gasteiger partial charge in [-0.2, -0.15) is 29.6 Å². The molecule has 1 aromatic heterocycles. The predicted molar refractivity (Wildman–Crippen MR) is 70.8 cm³/mol. The van der Waals surface area contributed by atoms with Crippen LogP contribution in [-0.2, 0) is 6.18 Å². The van der Waals surface area contributed by atoms with Crippen LogP contribution in [0.5, 0.6) is 0 Å². The molecule has 0 aliphatic heterocycles. The number of hydrazone groups is 1. The number of amides is 1. The van der Waals surface area contributed by atoms with Gasteiger partial charge in [0.2, 0.25) is 0 Å². The minimum Gasteiger partial charge on any atom is -0.267 e. The van der Waals surface area contributed by atoms with Gasteiger partial charge in [-0.15, -0.1) is 0 Å². The zero-order valence-corrected chi connectivity index (χ0v) is 10.8. The largest absolute Gasteiger partial charge is 0.416 e. The minimum absolute atomic E-state index is 0.0951. The molecule has 0 saturated heterocycles. The van der Waals surface area contributed by atoms with Crippen molar-refractivity contribution in [3.63, 3.8) is 0 Å². The van der Waals surface area contributed by atoms with Crippen molar-refractivity contribution in [1.29, 1.82) is 0 Å². The normalized spacial score (nSPS) is 11.8. The van der Waals surface area contributed by atoms with Crippen LogP contribution in [0.4, 0.5) is 13.2 Å². The number of benzene rings is 1. The van der Waals surface area contributed by atoms with Gasteiger partial charge in [-0.1, -0.05) is 6.07 Å². The summed E-state index contributed by atoms with van der Waals surface area (Å²) in [5.74, 6) is -0.692. The van der Waals surface area contributed by atoms with Crippen molar-refractivity contribution in [3.05, 3.63) is 57.8 Å². The molecule has 1 aromatic carbocycles. The average molecular weight is 298 g/mol. The Labute approximate surface area is 116 Å². The van der Waals surface area contributed by atoms with E-state index in [1.807, 2.05) is 10.8 Å². The summed E-state index contributed by atoms with van der Waals surface area (Å²) in [6, 6.07) is 5.97. The van der Waals surface area contributed by atoms with E-state index in [9.17, 15) is 18.0 Å². The molecule has 0 aliphatic rings. The number of nitrogens with zero attached hydrogens (tertiary/aromatic N) is 1. The Morgan fingerprint density at radius 2 is 2.10 bits per heavy atom. The summed E-state index contributed by atoms with van der Waals surface area (Å²) in [5, 5.41) is 7.35. The van der Waals surface area contributed by atoms with Crippen molar-refractivity contribution in [1.82, 2.24) is 5.43 Å². The Bertz CT molecular complexity index is 621. The second kappa shape index (κ2) is 5.87. The molecule has 0 spiro atoms. The summed E-state index contributed by atoms with van der Waals surface area (Å²) >= 11 is 1.47. The Balaban J connectivity index is 2.06. The summed E-state index contributed by atoms with van der Waals surface area (Å²) in [5.41, 5.74) is 2.02. The Kier molecular flexibility index (Phi) is 4.19. The zero-order valence-electron chi connectivity index (χ0n) is 10.0. The Morgan fingerprint density at radius 1 is 1.30 bits per heavy atom. The van der Waals surface area contributed by atoms with Gasteiger partial charge in [0.15, 0.2) is 0 Å². The first-order chi connectivity index (χ1) is 9.47. The summed E-state index contributed by atoms with van der Waals surface area (Å²) in [6.07, 6.45) is -3.06. The van der Waals surface area contributed by atoms with Gasteiger partial charge in [-0.05, 0) is 35.0 Å². The standard InChI is InChI=1S/C13H9F3N2OS/c14-13(15,16)11-3-1-2-10(6-11)12(19)18-17-7-9-4-5-20-8-9/h1-8H,(H,18,19)/b17-7+. The topological polar surface area (TPSA) is 41.5 Å². The van der Waals surface area contributed by atoms with Gasteiger partial charge in [0.25, 0.3) is 5.91 Å². The van der Waals surface area contributed by atoms with Gasteiger partial charge < -0.3 is 0 Å². The summed E-state index contributed by atoms with van der Waals surface area (Å²) in [6.45, 7) is 0. The number of carbonyl (C=O) groups excluding carboxylic acids is 1. The molecule has 0 atom stereocenters. The zero-order chi connectivity index (χ0) is 14.6. The van der Waals surface area contributed by atoms with E-state index in [-0.39, 0.29) is 5.56 Å². The second-order valence-electron chi connectivity index (χ2n) is 3.83. The predicted octanol–water partition coefficient (Wildman–Crippen LogP) is 3.53. The highest BCUT2D eigenvalue weighted by Gasteiger charge is 2.30. The van der Waals surface area contributed by atoms with Crippen molar-refractivity contribution in [2.45, 2.75) is 6.18 Å². The highest BCUT2D eigenvalue weighted by molar-refractivity contribution is 7.08. The summed E-state index contributed by atoms with van der Waals surface area (Å²) in [4.78, 5) is 11.7. The molecule has 1 N–H and O–H groups in total. The highest BCUT2D eigenvalue weighted by atomic mass is 32.1. The first-order valence-electron chi connectivity index (χ1n) is 5.50. The Morgan fingerprint density at radius 3 is 2.75 bits per heavy atom. The van der Waals surface area contributed by atoms with Crippen molar-refractivity contribution in [2.24, 2.45) is 5.10 Å². The number of hydrogen-bond acceptors (Lipinski definition) is 3. The SMILES string of the molecule is O=C(N/N=C/c1ccsc1)c1cccc(C(F)(F)F)c1. The summed E-state index contributed by atoms with van der Waals surface area (Å²) in [7, 11) is 0. The molecule has 0 unspecified atom stereocenters. The highest BCUT2D eigenvalue weighted by Crippen LogP contribution is 2.29. The number of thiophene rings is 1. The van der Waals surface area contributed by atoms with E-state index < -0.39 is 17.6 Å². The van der Waals surface area contributed by atoms with E-state index in [2.05, 4.69) is 10.5 Å². The van der Waals surface area contributed by atoms with E-state index in [4.69, 9.17) is 0 Å². The fraction of sp³-hybridized carbons (Fsp3) is 0.0769. The molecular formula is C13H9F3N2OS. The van der Waals surface area contributed by atoms with Crippen LogP contribution in [0, 0.1) is 0 Å². The maximum atomic E-state index is 12.5. The van der Waals surface area contributed by atoms with Gasteiger partial charge in [0.1, 0.15) is 0 Å². The quantitative estimate of drug-likeness (QED) is 0.683. The smallest absolute Gasteiger partial charge is 0.267 e. The molecule has 0 bridgehead atoms.